The van der Waals surface area contributed by atoms with Crippen LogP contribution in [-0.2, 0) is 4.79 Å². The summed E-state index contributed by atoms with van der Waals surface area (Å²) >= 11 is 0. The summed E-state index contributed by atoms with van der Waals surface area (Å²) in [6, 6.07) is 7.62. The molecule has 1 N–H and O–H groups in total. The Morgan fingerprint density at radius 1 is 1.29 bits per heavy atom. The summed E-state index contributed by atoms with van der Waals surface area (Å²) in [6.45, 7) is 1.99. The standard InChI is InChI=1S/C14H16O3/c1-3-11(6-9-14(15)16)10-12-4-7-13(17-2)8-5-12/h4-10H,3H2,1-2H3,(H,15,16)/b9-6+,11-10?. The molecule has 0 bridgehead atoms. The van der Waals surface area contributed by atoms with E-state index in [1.807, 2.05) is 37.3 Å². The van der Waals surface area contributed by atoms with E-state index in [-0.39, 0.29) is 0 Å². The first-order valence-corrected chi connectivity index (χ1v) is 5.41. The van der Waals surface area contributed by atoms with Gasteiger partial charge in [-0.15, -0.1) is 0 Å². The van der Waals surface area contributed by atoms with Gasteiger partial charge in [0.15, 0.2) is 0 Å². The van der Waals surface area contributed by atoms with Crippen LogP contribution < -0.4 is 4.74 Å². The van der Waals surface area contributed by atoms with Crippen LogP contribution in [0.3, 0.4) is 0 Å². The average molecular weight is 232 g/mol. The zero-order chi connectivity index (χ0) is 12.7. The van der Waals surface area contributed by atoms with Crippen LogP contribution in [0.2, 0.25) is 0 Å². The molecular weight excluding hydrogens is 216 g/mol. The van der Waals surface area contributed by atoms with E-state index in [0.29, 0.717) is 0 Å². The van der Waals surface area contributed by atoms with Gasteiger partial charge in [-0.1, -0.05) is 31.2 Å². The molecule has 0 saturated carbocycles. The molecule has 0 amide bonds. The fourth-order valence-corrected chi connectivity index (χ4v) is 1.36. The van der Waals surface area contributed by atoms with E-state index in [1.54, 1.807) is 13.2 Å². The fourth-order valence-electron chi connectivity index (χ4n) is 1.36. The Labute approximate surface area is 101 Å². The van der Waals surface area contributed by atoms with Gasteiger partial charge < -0.3 is 9.84 Å². The van der Waals surface area contributed by atoms with Crippen molar-refractivity contribution in [2.45, 2.75) is 13.3 Å². The number of methoxy groups -OCH3 is 1. The van der Waals surface area contributed by atoms with Gasteiger partial charge in [-0.3, -0.25) is 0 Å². The van der Waals surface area contributed by atoms with E-state index in [2.05, 4.69) is 0 Å². The minimum Gasteiger partial charge on any atom is -0.497 e. The normalized spacial score (nSPS) is 11.8. The van der Waals surface area contributed by atoms with Crippen LogP contribution in [0.15, 0.2) is 42.0 Å². The van der Waals surface area contributed by atoms with E-state index in [9.17, 15) is 4.79 Å². The van der Waals surface area contributed by atoms with Crippen molar-refractivity contribution in [1.29, 1.82) is 0 Å². The minimum absolute atomic E-state index is 0.788. The van der Waals surface area contributed by atoms with E-state index < -0.39 is 5.97 Å². The number of carboxylic acids is 1. The van der Waals surface area contributed by atoms with Crippen molar-refractivity contribution in [2.24, 2.45) is 0 Å². The summed E-state index contributed by atoms with van der Waals surface area (Å²) in [5, 5.41) is 8.56. The third-order valence-corrected chi connectivity index (χ3v) is 2.32. The van der Waals surface area contributed by atoms with Crippen molar-refractivity contribution in [1.82, 2.24) is 0 Å². The smallest absolute Gasteiger partial charge is 0.328 e. The average Bonchev–Trinajstić information content (AvgIpc) is 2.35. The van der Waals surface area contributed by atoms with Crippen molar-refractivity contribution in [3.8, 4) is 5.75 Å². The Morgan fingerprint density at radius 2 is 1.94 bits per heavy atom. The molecule has 0 aromatic heterocycles. The molecule has 0 heterocycles. The SMILES string of the molecule is CCC(=Cc1ccc(OC)cc1)/C=C/C(=O)O. The van der Waals surface area contributed by atoms with Gasteiger partial charge in [0.1, 0.15) is 5.75 Å². The molecule has 0 spiro atoms. The molecule has 17 heavy (non-hydrogen) atoms. The Hall–Kier alpha value is -2.03. The Morgan fingerprint density at radius 3 is 2.41 bits per heavy atom. The van der Waals surface area contributed by atoms with Gasteiger partial charge in [-0.05, 0) is 29.7 Å². The largest absolute Gasteiger partial charge is 0.497 e. The van der Waals surface area contributed by atoms with Gasteiger partial charge in [0, 0.05) is 6.08 Å². The van der Waals surface area contributed by atoms with Crippen molar-refractivity contribution in [3.05, 3.63) is 47.6 Å². The first-order valence-electron chi connectivity index (χ1n) is 5.41. The third kappa shape index (κ3) is 4.55. The number of benzene rings is 1. The third-order valence-electron chi connectivity index (χ3n) is 2.32. The first kappa shape index (κ1) is 13.0. The van der Waals surface area contributed by atoms with Crippen molar-refractivity contribution < 1.29 is 14.6 Å². The molecule has 0 fully saturated rings. The molecule has 0 radical (unpaired) electrons. The quantitative estimate of drug-likeness (QED) is 0.626. The maximum Gasteiger partial charge on any atom is 0.328 e. The first-order chi connectivity index (χ1) is 8.15. The van der Waals surface area contributed by atoms with E-state index in [4.69, 9.17) is 9.84 Å². The lowest BCUT2D eigenvalue weighted by molar-refractivity contribution is -0.131. The lowest BCUT2D eigenvalue weighted by atomic mass is 10.1. The van der Waals surface area contributed by atoms with Crippen LogP contribution in [0.25, 0.3) is 6.08 Å². The highest BCUT2D eigenvalue weighted by Crippen LogP contribution is 2.15. The second-order valence-corrected chi connectivity index (χ2v) is 3.52. The Kier molecular flexibility index (Phi) is 5.01. The molecule has 3 nitrogen and oxygen atoms in total. The molecule has 0 aliphatic carbocycles. The van der Waals surface area contributed by atoms with Crippen LogP contribution in [-0.4, -0.2) is 18.2 Å². The van der Waals surface area contributed by atoms with Gasteiger partial charge in [0.25, 0.3) is 0 Å². The van der Waals surface area contributed by atoms with Gasteiger partial charge in [-0.25, -0.2) is 4.79 Å². The molecule has 0 atom stereocenters. The number of allylic oxidation sites excluding steroid dienone is 2. The number of rotatable bonds is 5. The highest BCUT2D eigenvalue weighted by Gasteiger charge is 1.94. The molecular formula is C14H16O3. The molecule has 1 aromatic rings. The van der Waals surface area contributed by atoms with Crippen molar-refractivity contribution >= 4 is 12.0 Å². The Balaban J connectivity index is 2.86. The van der Waals surface area contributed by atoms with Gasteiger partial charge >= 0.3 is 5.97 Å². The van der Waals surface area contributed by atoms with E-state index in [1.165, 1.54) is 0 Å². The predicted molar refractivity (Wildman–Crippen MR) is 68.0 cm³/mol. The molecule has 0 aliphatic heterocycles. The van der Waals surface area contributed by atoms with Crippen LogP contribution in [0, 0.1) is 0 Å². The maximum absolute atomic E-state index is 10.4. The minimum atomic E-state index is -0.931. The maximum atomic E-state index is 10.4. The van der Waals surface area contributed by atoms with Crippen molar-refractivity contribution in [2.75, 3.05) is 7.11 Å². The second-order valence-electron chi connectivity index (χ2n) is 3.52. The molecule has 0 unspecified atom stereocenters. The number of carbonyl (C=O) groups is 1. The van der Waals surface area contributed by atoms with Crippen molar-refractivity contribution in [3.63, 3.8) is 0 Å². The summed E-state index contributed by atoms with van der Waals surface area (Å²) in [5.41, 5.74) is 2.00. The lowest BCUT2D eigenvalue weighted by Crippen LogP contribution is -1.87. The highest BCUT2D eigenvalue weighted by molar-refractivity contribution is 5.80. The van der Waals surface area contributed by atoms with Crippen LogP contribution in [0.4, 0.5) is 0 Å². The van der Waals surface area contributed by atoms with Crippen LogP contribution in [0.1, 0.15) is 18.9 Å². The second kappa shape index (κ2) is 6.53. The Bertz CT molecular complexity index is 427. The summed E-state index contributed by atoms with van der Waals surface area (Å²) in [5.74, 6) is -0.125. The molecule has 1 aromatic carbocycles. The number of carboxylic acid groups (broad SMARTS) is 1. The van der Waals surface area contributed by atoms with E-state index >= 15 is 0 Å². The number of aliphatic carboxylic acids is 1. The predicted octanol–water partition coefficient (Wildman–Crippen LogP) is 3.13. The van der Waals surface area contributed by atoms with Gasteiger partial charge in [0.2, 0.25) is 0 Å². The zero-order valence-electron chi connectivity index (χ0n) is 10.0. The highest BCUT2D eigenvalue weighted by atomic mass is 16.5. The summed E-state index contributed by atoms with van der Waals surface area (Å²) in [6.07, 6.45) is 5.51. The van der Waals surface area contributed by atoms with Crippen LogP contribution >= 0.6 is 0 Å². The van der Waals surface area contributed by atoms with Gasteiger partial charge in [0.05, 0.1) is 7.11 Å². The molecule has 0 saturated heterocycles. The fraction of sp³-hybridized carbons (Fsp3) is 0.214. The molecule has 90 valence electrons. The van der Waals surface area contributed by atoms with Crippen LogP contribution in [0.5, 0.6) is 5.75 Å². The molecule has 1 rings (SSSR count). The monoisotopic (exact) mass is 232 g/mol. The zero-order valence-corrected chi connectivity index (χ0v) is 10.0. The number of hydrogen-bond donors (Lipinski definition) is 1. The van der Waals surface area contributed by atoms with Gasteiger partial charge in [-0.2, -0.15) is 0 Å². The lowest BCUT2D eigenvalue weighted by Gasteiger charge is -2.01. The summed E-state index contributed by atoms with van der Waals surface area (Å²) in [7, 11) is 1.62. The number of ether oxygens (including phenoxy) is 1. The summed E-state index contributed by atoms with van der Waals surface area (Å²) in [4.78, 5) is 10.4. The molecule has 0 aliphatic rings. The van der Waals surface area contributed by atoms with E-state index in [0.717, 1.165) is 29.4 Å². The molecule has 3 heteroatoms. The summed E-state index contributed by atoms with van der Waals surface area (Å²) < 4.78 is 5.07. The topological polar surface area (TPSA) is 46.5 Å². The number of hydrogen-bond acceptors (Lipinski definition) is 2.